The van der Waals surface area contributed by atoms with E-state index >= 15 is 0 Å². The Labute approximate surface area is 60.4 Å². The van der Waals surface area contributed by atoms with Gasteiger partial charge in [0.05, 0.1) is 0 Å². The molecule has 0 bridgehead atoms. The lowest BCUT2D eigenvalue weighted by Crippen LogP contribution is -1.99. The van der Waals surface area contributed by atoms with Gasteiger partial charge in [-0.2, -0.15) is 0 Å². The molecular weight excluding hydrogens is 132 g/mol. The highest BCUT2D eigenvalue weighted by Gasteiger charge is 1.95. The second-order valence-electron chi connectivity index (χ2n) is 1.97. The van der Waals surface area contributed by atoms with Crippen LogP contribution in [0.15, 0.2) is 12.0 Å². The summed E-state index contributed by atoms with van der Waals surface area (Å²) in [5, 5.41) is 8.15. The maximum absolute atomic E-state index is 8.15. The fraction of sp³-hybridized carbons (Fsp3) is 0.667. The molecule has 0 fully saturated rings. The van der Waals surface area contributed by atoms with Crippen molar-refractivity contribution >= 4 is 0 Å². The molecule has 0 heterocycles. The molecule has 4 nitrogen and oxygen atoms in total. The van der Waals surface area contributed by atoms with Crippen LogP contribution >= 0.6 is 0 Å². The maximum Gasteiger partial charge on any atom is 0.157 e. The number of rotatable bonds is 5. The van der Waals surface area contributed by atoms with E-state index in [1.165, 1.54) is 6.20 Å². The smallest absolute Gasteiger partial charge is 0.157 e. The van der Waals surface area contributed by atoms with Gasteiger partial charge in [-0.15, -0.1) is 0 Å². The molecule has 0 aromatic carbocycles. The number of hydrogen-bond acceptors (Lipinski definition) is 4. The van der Waals surface area contributed by atoms with E-state index < -0.39 is 0 Å². The van der Waals surface area contributed by atoms with Crippen LogP contribution in [0.1, 0.15) is 19.3 Å². The van der Waals surface area contributed by atoms with Crippen molar-refractivity contribution in [2.45, 2.75) is 19.3 Å². The van der Waals surface area contributed by atoms with Crippen molar-refractivity contribution in [3.05, 3.63) is 12.0 Å². The summed E-state index contributed by atoms with van der Waals surface area (Å²) in [7, 11) is 0. The number of allylic oxidation sites excluding steroid dienone is 1. The fourth-order valence-electron chi connectivity index (χ4n) is 0.603. The predicted octanol–water partition coefficient (Wildman–Crippen LogP) is 0.405. The summed E-state index contributed by atoms with van der Waals surface area (Å²) in [6.07, 6.45) is 3.70. The minimum Gasteiger partial charge on any atom is -0.402 e. The van der Waals surface area contributed by atoms with Crippen LogP contribution in [0.3, 0.4) is 0 Å². The molecule has 0 saturated heterocycles. The number of unbranched alkanes of at least 4 members (excludes halogenated alkanes) is 1. The SMILES string of the molecule is N/C=C(/CCCCN)OO. The molecule has 0 aromatic heterocycles. The van der Waals surface area contributed by atoms with Crippen LogP contribution in [-0.2, 0) is 4.89 Å². The monoisotopic (exact) mass is 146 g/mol. The average molecular weight is 146 g/mol. The highest BCUT2D eigenvalue weighted by Crippen LogP contribution is 2.04. The fourth-order valence-corrected chi connectivity index (χ4v) is 0.603. The van der Waals surface area contributed by atoms with Gasteiger partial charge in [-0.1, -0.05) is 0 Å². The van der Waals surface area contributed by atoms with E-state index in [9.17, 15) is 0 Å². The molecule has 0 radical (unpaired) electrons. The molecule has 0 aromatic rings. The highest BCUT2D eigenvalue weighted by atomic mass is 17.1. The highest BCUT2D eigenvalue weighted by molar-refractivity contribution is 4.87. The van der Waals surface area contributed by atoms with Gasteiger partial charge in [0.1, 0.15) is 0 Å². The molecule has 10 heavy (non-hydrogen) atoms. The van der Waals surface area contributed by atoms with E-state index in [-0.39, 0.29) is 0 Å². The van der Waals surface area contributed by atoms with Gasteiger partial charge in [0.25, 0.3) is 0 Å². The zero-order chi connectivity index (χ0) is 7.82. The lowest BCUT2D eigenvalue weighted by atomic mass is 10.2. The molecule has 0 aliphatic heterocycles. The number of nitrogens with two attached hydrogens (primary N) is 2. The summed E-state index contributed by atoms with van der Waals surface area (Å²) in [6, 6.07) is 0. The molecule has 0 amide bonds. The summed E-state index contributed by atoms with van der Waals surface area (Å²) in [5.41, 5.74) is 10.3. The Bertz CT molecular complexity index is 104. The van der Waals surface area contributed by atoms with E-state index in [2.05, 4.69) is 4.89 Å². The molecule has 60 valence electrons. The van der Waals surface area contributed by atoms with E-state index in [0.29, 0.717) is 18.7 Å². The van der Waals surface area contributed by atoms with Crippen LogP contribution in [0.2, 0.25) is 0 Å². The summed E-state index contributed by atoms with van der Waals surface area (Å²) in [6.45, 7) is 0.656. The van der Waals surface area contributed by atoms with E-state index in [1.54, 1.807) is 0 Å². The van der Waals surface area contributed by atoms with Crippen molar-refractivity contribution in [1.82, 2.24) is 0 Å². The minimum atomic E-state index is 0.397. The lowest BCUT2D eigenvalue weighted by Gasteiger charge is -2.00. The van der Waals surface area contributed by atoms with Crippen molar-refractivity contribution in [1.29, 1.82) is 0 Å². The van der Waals surface area contributed by atoms with Gasteiger partial charge in [-0.3, -0.25) is 0 Å². The Kier molecular flexibility index (Phi) is 5.91. The molecule has 0 unspecified atom stereocenters. The molecule has 0 aliphatic carbocycles. The zero-order valence-electron chi connectivity index (χ0n) is 5.92. The molecule has 4 heteroatoms. The van der Waals surface area contributed by atoms with E-state index in [4.69, 9.17) is 16.7 Å². The van der Waals surface area contributed by atoms with Crippen LogP contribution in [0, 0.1) is 0 Å². The van der Waals surface area contributed by atoms with Crippen molar-refractivity contribution < 1.29 is 10.1 Å². The Morgan fingerprint density at radius 3 is 2.60 bits per heavy atom. The largest absolute Gasteiger partial charge is 0.402 e. The van der Waals surface area contributed by atoms with Crippen LogP contribution in [0.25, 0.3) is 0 Å². The van der Waals surface area contributed by atoms with Gasteiger partial charge in [-0.25, -0.2) is 5.26 Å². The molecule has 0 spiro atoms. The van der Waals surface area contributed by atoms with Crippen LogP contribution in [0.5, 0.6) is 0 Å². The molecule has 0 atom stereocenters. The van der Waals surface area contributed by atoms with Crippen LogP contribution < -0.4 is 11.5 Å². The van der Waals surface area contributed by atoms with Crippen LogP contribution in [-0.4, -0.2) is 11.8 Å². The molecule has 0 saturated carbocycles. The molecular formula is C6H14N2O2. The van der Waals surface area contributed by atoms with E-state index in [0.717, 1.165) is 12.8 Å². The minimum absolute atomic E-state index is 0.397. The summed E-state index contributed by atoms with van der Waals surface area (Å²) in [5.74, 6) is 0.397. The molecule has 5 N–H and O–H groups in total. The van der Waals surface area contributed by atoms with Gasteiger partial charge >= 0.3 is 0 Å². The van der Waals surface area contributed by atoms with E-state index in [1.807, 2.05) is 0 Å². The Hall–Kier alpha value is -0.740. The van der Waals surface area contributed by atoms with Crippen molar-refractivity contribution in [3.63, 3.8) is 0 Å². The third kappa shape index (κ3) is 4.17. The van der Waals surface area contributed by atoms with Gasteiger partial charge < -0.3 is 16.4 Å². The first-order valence-electron chi connectivity index (χ1n) is 3.27. The van der Waals surface area contributed by atoms with Gasteiger partial charge in [0, 0.05) is 12.6 Å². The maximum atomic E-state index is 8.15. The van der Waals surface area contributed by atoms with Gasteiger partial charge in [0.15, 0.2) is 5.76 Å². The Morgan fingerprint density at radius 2 is 2.20 bits per heavy atom. The van der Waals surface area contributed by atoms with Crippen molar-refractivity contribution in [2.24, 2.45) is 11.5 Å². The number of hydrogen-bond donors (Lipinski definition) is 3. The second kappa shape index (κ2) is 6.38. The predicted molar refractivity (Wildman–Crippen MR) is 38.9 cm³/mol. The first kappa shape index (κ1) is 9.26. The summed E-state index contributed by atoms with van der Waals surface area (Å²) < 4.78 is 0. The first-order valence-corrected chi connectivity index (χ1v) is 3.27. The Balaban J connectivity index is 3.27. The summed E-state index contributed by atoms with van der Waals surface area (Å²) >= 11 is 0. The van der Waals surface area contributed by atoms with Crippen LogP contribution in [0.4, 0.5) is 0 Å². The van der Waals surface area contributed by atoms with Gasteiger partial charge in [0.2, 0.25) is 0 Å². The summed E-state index contributed by atoms with van der Waals surface area (Å²) in [4.78, 5) is 3.94. The quantitative estimate of drug-likeness (QED) is 0.227. The van der Waals surface area contributed by atoms with Crippen molar-refractivity contribution in [2.75, 3.05) is 6.54 Å². The standard InChI is InChI=1S/C6H14N2O2/c7-4-2-1-3-6(5-8)10-9/h5,9H,1-4,7-8H2/b6-5-. The third-order valence-corrected chi connectivity index (χ3v) is 1.18. The second-order valence-corrected chi connectivity index (χ2v) is 1.97. The normalized spacial score (nSPS) is 11.6. The molecule has 0 aliphatic rings. The van der Waals surface area contributed by atoms with Crippen molar-refractivity contribution in [3.8, 4) is 0 Å². The molecule has 0 rings (SSSR count). The van der Waals surface area contributed by atoms with Gasteiger partial charge in [-0.05, 0) is 19.4 Å². The average Bonchev–Trinajstić information content (AvgIpc) is 1.99. The third-order valence-electron chi connectivity index (χ3n) is 1.18. The zero-order valence-corrected chi connectivity index (χ0v) is 5.92. The Morgan fingerprint density at radius 1 is 1.50 bits per heavy atom. The lowest BCUT2D eigenvalue weighted by molar-refractivity contribution is -0.206. The topological polar surface area (TPSA) is 81.5 Å². The first-order chi connectivity index (χ1) is 4.85.